The van der Waals surface area contributed by atoms with Crippen LogP contribution < -0.4 is 28.9 Å². The second-order valence-electron chi connectivity index (χ2n) is 8.56. The maximum absolute atomic E-state index is 13.9. The van der Waals surface area contributed by atoms with E-state index in [4.69, 9.17) is 23.8 Å². The van der Waals surface area contributed by atoms with Gasteiger partial charge >= 0.3 is 0 Å². The third-order valence-corrected chi connectivity index (χ3v) is 6.56. The highest BCUT2D eigenvalue weighted by Crippen LogP contribution is 2.50. The van der Waals surface area contributed by atoms with Crippen LogP contribution >= 0.6 is 0 Å². The number of hydrogen-bond acceptors (Lipinski definition) is 8. The highest BCUT2D eigenvalue weighted by Gasteiger charge is 2.60. The lowest BCUT2D eigenvalue weighted by Crippen LogP contribution is -2.37. The Labute approximate surface area is 215 Å². The summed E-state index contributed by atoms with van der Waals surface area (Å²) < 4.78 is 22.1. The van der Waals surface area contributed by atoms with Crippen LogP contribution in [0, 0.1) is 5.92 Å². The van der Waals surface area contributed by atoms with Crippen molar-refractivity contribution in [2.24, 2.45) is 5.92 Å². The number of hydroxylamine groups is 1. The monoisotopic (exact) mass is 504 g/mol. The van der Waals surface area contributed by atoms with E-state index in [0.717, 1.165) is 0 Å². The van der Waals surface area contributed by atoms with Crippen LogP contribution in [0.25, 0.3) is 0 Å². The first-order valence-electron chi connectivity index (χ1n) is 11.9. The van der Waals surface area contributed by atoms with Gasteiger partial charge in [-0.15, -0.1) is 0 Å². The van der Waals surface area contributed by atoms with Gasteiger partial charge in [-0.25, -0.2) is 9.96 Å². The molecule has 3 aromatic carbocycles. The maximum Gasteiger partial charge on any atom is 0.266 e. The molecule has 9 heteroatoms. The fraction of sp³-hybridized carbons (Fsp3) is 0.286. The number of carbonyl (C=O) groups is 2. The van der Waals surface area contributed by atoms with Crippen molar-refractivity contribution >= 4 is 23.2 Å². The predicted octanol–water partition coefficient (Wildman–Crippen LogP) is 4.16. The van der Waals surface area contributed by atoms with E-state index in [0.29, 0.717) is 46.5 Å². The Hall–Kier alpha value is -4.24. The summed E-state index contributed by atoms with van der Waals surface area (Å²) in [6, 6.07) is 19.2. The first-order valence-corrected chi connectivity index (χ1v) is 11.9. The molecule has 0 unspecified atom stereocenters. The zero-order chi connectivity index (χ0) is 26.1. The number of rotatable bonds is 8. The van der Waals surface area contributed by atoms with Gasteiger partial charge in [0.15, 0.2) is 17.6 Å². The summed E-state index contributed by atoms with van der Waals surface area (Å²) in [5.74, 6) is 0.392. The Morgan fingerprint density at radius 1 is 0.811 bits per heavy atom. The van der Waals surface area contributed by atoms with Gasteiger partial charge in [0.05, 0.1) is 45.4 Å². The van der Waals surface area contributed by atoms with Gasteiger partial charge < -0.3 is 18.9 Å². The van der Waals surface area contributed by atoms with Gasteiger partial charge in [0.25, 0.3) is 5.91 Å². The summed E-state index contributed by atoms with van der Waals surface area (Å²) >= 11 is 0. The minimum absolute atomic E-state index is 0.351. The van der Waals surface area contributed by atoms with Crippen molar-refractivity contribution in [1.82, 2.24) is 0 Å². The number of anilines is 2. The maximum atomic E-state index is 13.9. The Morgan fingerprint density at radius 2 is 1.46 bits per heavy atom. The molecule has 192 valence electrons. The van der Waals surface area contributed by atoms with Crippen LogP contribution in [0.5, 0.6) is 23.0 Å². The summed E-state index contributed by atoms with van der Waals surface area (Å²) in [6.45, 7) is 2.41. The highest BCUT2D eigenvalue weighted by molar-refractivity contribution is 6.24. The molecule has 2 heterocycles. The molecule has 5 rings (SSSR count). The average Bonchev–Trinajstić information content (AvgIpc) is 3.44. The highest BCUT2D eigenvalue weighted by atomic mass is 16.7. The molecular formula is C28H28N2O7. The lowest BCUT2D eigenvalue weighted by molar-refractivity contribution is -0.126. The van der Waals surface area contributed by atoms with Crippen molar-refractivity contribution < 1.29 is 33.4 Å². The summed E-state index contributed by atoms with van der Waals surface area (Å²) in [4.78, 5) is 34.9. The second kappa shape index (κ2) is 10.0. The summed E-state index contributed by atoms with van der Waals surface area (Å²) in [5.41, 5.74) is 1.86. The van der Waals surface area contributed by atoms with Gasteiger partial charge in [-0.1, -0.05) is 18.2 Å². The molecule has 0 N–H and O–H groups in total. The number of ether oxygens (including phenoxy) is 4. The van der Waals surface area contributed by atoms with Gasteiger partial charge in [0.2, 0.25) is 11.7 Å². The SMILES string of the molecule is CCOc1ccc(N2C(=O)[C@@H]3[C@@H](c4cc(OC)c(OC)c(OC)c4)N(c4ccccc4)O[C@H]3C2=O)cc1. The fourth-order valence-corrected chi connectivity index (χ4v) is 4.94. The number of fused-ring (bicyclic) bond motifs is 1. The van der Waals surface area contributed by atoms with Crippen molar-refractivity contribution in [3.05, 3.63) is 72.3 Å². The van der Waals surface area contributed by atoms with Crippen LogP contribution in [-0.4, -0.2) is 45.9 Å². The molecule has 0 spiro atoms. The molecule has 2 fully saturated rings. The molecule has 2 saturated heterocycles. The minimum Gasteiger partial charge on any atom is -0.494 e. The third kappa shape index (κ3) is 4.11. The predicted molar refractivity (Wildman–Crippen MR) is 136 cm³/mol. The number of imide groups is 1. The van der Waals surface area contributed by atoms with Crippen LogP contribution in [0.2, 0.25) is 0 Å². The smallest absolute Gasteiger partial charge is 0.266 e. The van der Waals surface area contributed by atoms with E-state index in [2.05, 4.69) is 0 Å². The van der Waals surface area contributed by atoms with E-state index < -0.39 is 24.0 Å². The van der Waals surface area contributed by atoms with Crippen LogP contribution in [0.3, 0.4) is 0 Å². The molecule has 0 bridgehead atoms. The zero-order valence-corrected chi connectivity index (χ0v) is 21.0. The Morgan fingerprint density at radius 3 is 2.03 bits per heavy atom. The van der Waals surface area contributed by atoms with E-state index in [1.54, 1.807) is 41.5 Å². The number of nitrogens with zero attached hydrogens (tertiary/aromatic N) is 2. The van der Waals surface area contributed by atoms with Gasteiger partial charge in [0, 0.05) is 0 Å². The third-order valence-electron chi connectivity index (χ3n) is 6.56. The molecule has 3 atom stereocenters. The molecule has 2 amide bonds. The number of para-hydroxylation sites is 1. The summed E-state index contributed by atoms with van der Waals surface area (Å²) in [5, 5.41) is 1.63. The van der Waals surface area contributed by atoms with Crippen LogP contribution in [0.1, 0.15) is 18.5 Å². The van der Waals surface area contributed by atoms with E-state index in [1.165, 1.54) is 26.2 Å². The van der Waals surface area contributed by atoms with Crippen molar-refractivity contribution in [1.29, 1.82) is 0 Å². The molecular weight excluding hydrogens is 476 g/mol. The zero-order valence-electron chi connectivity index (χ0n) is 21.0. The van der Waals surface area contributed by atoms with Crippen molar-refractivity contribution in [2.75, 3.05) is 37.9 Å². The lowest BCUT2D eigenvalue weighted by Gasteiger charge is -2.29. The molecule has 2 aliphatic heterocycles. The van der Waals surface area contributed by atoms with Crippen molar-refractivity contribution in [2.45, 2.75) is 19.1 Å². The topological polar surface area (TPSA) is 86.8 Å². The Bertz CT molecular complexity index is 1270. The molecule has 0 aliphatic carbocycles. The van der Waals surface area contributed by atoms with Gasteiger partial charge in [-0.2, -0.15) is 0 Å². The largest absolute Gasteiger partial charge is 0.494 e. The number of benzene rings is 3. The van der Waals surface area contributed by atoms with E-state index >= 15 is 0 Å². The first-order chi connectivity index (χ1) is 18.0. The van der Waals surface area contributed by atoms with E-state index in [-0.39, 0.29) is 5.91 Å². The molecule has 9 nitrogen and oxygen atoms in total. The van der Waals surface area contributed by atoms with E-state index in [9.17, 15) is 9.59 Å². The molecule has 0 radical (unpaired) electrons. The van der Waals surface area contributed by atoms with Crippen LogP contribution in [-0.2, 0) is 14.4 Å². The summed E-state index contributed by atoms with van der Waals surface area (Å²) in [7, 11) is 4.59. The molecule has 3 aromatic rings. The van der Waals surface area contributed by atoms with Crippen molar-refractivity contribution in [3.8, 4) is 23.0 Å². The van der Waals surface area contributed by atoms with Crippen molar-refractivity contribution in [3.63, 3.8) is 0 Å². The Kier molecular flexibility index (Phi) is 6.62. The van der Waals surface area contributed by atoms with Gasteiger partial charge in [0.1, 0.15) is 11.7 Å². The van der Waals surface area contributed by atoms with Crippen LogP contribution in [0.4, 0.5) is 11.4 Å². The first kappa shape index (κ1) is 24.5. The number of amides is 2. The molecule has 2 aliphatic rings. The normalized spacial score (nSPS) is 20.7. The standard InChI is InChI=1S/C28H28N2O7/c1-5-36-20-13-11-18(12-14-20)29-27(31)23-24(17-15-21(33-2)25(35-4)22(16-17)34-3)30(37-26(23)28(29)32)19-9-7-6-8-10-19/h6-16,23-24,26H,5H2,1-4H3/t23-,24-,26-/m1/s1. The fourth-order valence-electron chi connectivity index (χ4n) is 4.94. The quantitative estimate of drug-likeness (QED) is 0.423. The second-order valence-corrected chi connectivity index (χ2v) is 8.56. The molecule has 0 aromatic heterocycles. The number of hydrogen-bond donors (Lipinski definition) is 0. The molecule has 37 heavy (non-hydrogen) atoms. The number of methoxy groups -OCH3 is 3. The van der Waals surface area contributed by atoms with Gasteiger partial charge in [-0.05, 0) is 61.0 Å². The average molecular weight is 505 g/mol. The lowest BCUT2D eigenvalue weighted by atomic mass is 9.90. The van der Waals surface area contributed by atoms with E-state index in [1.807, 2.05) is 37.3 Å². The van der Waals surface area contributed by atoms with Gasteiger partial charge in [-0.3, -0.25) is 14.4 Å². The number of carbonyl (C=O) groups excluding carboxylic acids is 2. The summed E-state index contributed by atoms with van der Waals surface area (Å²) in [6.07, 6.45) is -0.997. The Balaban J connectivity index is 1.59. The van der Waals surface area contributed by atoms with Crippen LogP contribution in [0.15, 0.2) is 66.7 Å². The molecule has 0 saturated carbocycles. The minimum atomic E-state index is -0.997.